The molecule has 146 valence electrons. The second-order valence-electron chi connectivity index (χ2n) is 7.93. The molecule has 1 aliphatic rings. The first kappa shape index (κ1) is 21.2. The number of halogens is 3. The highest BCUT2D eigenvalue weighted by atomic mass is 35.6. The molecule has 0 spiro atoms. The van der Waals surface area contributed by atoms with Gasteiger partial charge in [-0.1, -0.05) is 114 Å². The van der Waals surface area contributed by atoms with E-state index >= 15 is 0 Å². The van der Waals surface area contributed by atoms with Gasteiger partial charge in [-0.25, -0.2) is 0 Å². The lowest BCUT2D eigenvalue weighted by atomic mass is 10.0. The van der Waals surface area contributed by atoms with Gasteiger partial charge in [0.25, 0.3) is 0 Å². The Morgan fingerprint density at radius 1 is 0.926 bits per heavy atom. The van der Waals surface area contributed by atoms with Gasteiger partial charge in [-0.15, -0.1) is 0 Å². The predicted molar refractivity (Wildman–Crippen MR) is 116 cm³/mol. The van der Waals surface area contributed by atoms with Gasteiger partial charge < -0.3 is 9.47 Å². The molecule has 0 bridgehead atoms. The molecule has 0 N–H and O–H groups in total. The fraction of sp³-hybridized carbons (Fsp3) is 0.429. The normalized spacial score (nSPS) is 24.0. The van der Waals surface area contributed by atoms with E-state index in [1.54, 1.807) is 0 Å². The van der Waals surface area contributed by atoms with Crippen LogP contribution in [0.25, 0.3) is 0 Å². The maximum atomic E-state index is 6.12. The SMILES string of the molecule is C[Si](C)(Cc1ccccc1)C[C@@H]1C[C@@H](c2ccccc2)O[C@@H](C(Cl)(Cl)Cl)O1. The van der Waals surface area contributed by atoms with Crippen LogP contribution in [0.4, 0.5) is 0 Å². The highest BCUT2D eigenvalue weighted by Crippen LogP contribution is 2.42. The van der Waals surface area contributed by atoms with Gasteiger partial charge in [0.05, 0.1) is 20.3 Å². The van der Waals surface area contributed by atoms with Gasteiger partial charge >= 0.3 is 0 Å². The fourth-order valence-electron chi connectivity index (χ4n) is 3.71. The van der Waals surface area contributed by atoms with Crippen molar-refractivity contribution in [1.29, 1.82) is 0 Å². The van der Waals surface area contributed by atoms with Crippen molar-refractivity contribution in [2.24, 2.45) is 0 Å². The summed E-state index contributed by atoms with van der Waals surface area (Å²) in [5.41, 5.74) is 2.46. The summed E-state index contributed by atoms with van der Waals surface area (Å²) in [4.78, 5) is 0. The molecule has 3 rings (SSSR count). The standard InChI is InChI=1S/C21H25Cl3O2Si/c1-27(2,14-16-9-5-3-6-10-16)15-18-13-19(17-11-7-4-8-12-17)26-20(25-18)21(22,23)24/h3-12,18-20H,13-15H2,1-2H3/t18-,19-,20-/m0/s1. The van der Waals surface area contributed by atoms with Gasteiger partial charge in [-0.3, -0.25) is 0 Å². The molecule has 0 amide bonds. The van der Waals surface area contributed by atoms with Crippen molar-refractivity contribution in [3.05, 3.63) is 71.8 Å². The van der Waals surface area contributed by atoms with Crippen molar-refractivity contribution in [2.75, 3.05) is 0 Å². The molecule has 1 heterocycles. The smallest absolute Gasteiger partial charge is 0.240 e. The summed E-state index contributed by atoms with van der Waals surface area (Å²) in [6.45, 7) is 4.78. The molecule has 0 radical (unpaired) electrons. The highest BCUT2D eigenvalue weighted by Gasteiger charge is 2.43. The zero-order valence-corrected chi connectivity index (χ0v) is 18.8. The maximum Gasteiger partial charge on any atom is 0.240 e. The highest BCUT2D eigenvalue weighted by molar-refractivity contribution is 6.77. The second-order valence-corrected chi connectivity index (χ2v) is 15.4. The molecule has 2 aromatic carbocycles. The number of ether oxygens (including phenoxy) is 2. The molecular formula is C21H25Cl3O2Si. The third kappa shape index (κ3) is 6.21. The molecule has 1 saturated heterocycles. The number of rotatable bonds is 5. The zero-order chi connectivity index (χ0) is 19.5. The van der Waals surface area contributed by atoms with E-state index < -0.39 is 18.2 Å². The van der Waals surface area contributed by atoms with Gasteiger partial charge in [0, 0.05) is 6.42 Å². The van der Waals surface area contributed by atoms with Gasteiger partial charge in [-0.05, 0) is 17.7 Å². The van der Waals surface area contributed by atoms with Crippen molar-refractivity contribution in [2.45, 2.75) is 53.9 Å². The molecule has 27 heavy (non-hydrogen) atoms. The molecule has 0 saturated carbocycles. The van der Waals surface area contributed by atoms with Crippen molar-refractivity contribution in [1.82, 2.24) is 0 Å². The van der Waals surface area contributed by atoms with Crippen molar-refractivity contribution >= 4 is 42.9 Å². The van der Waals surface area contributed by atoms with Gasteiger partial charge in [0.15, 0.2) is 0 Å². The van der Waals surface area contributed by atoms with Gasteiger partial charge in [-0.2, -0.15) is 0 Å². The molecule has 3 atom stereocenters. The monoisotopic (exact) mass is 442 g/mol. The van der Waals surface area contributed by atoms with Crippen LogP contribution in [0.5, 0.6) is 0 Å². The molecule has 0 unspecified atom stereocenters. The molecule has 0 aliphatic carbocycles. The van der Waals surface area contributed by atoms with Crippen LogP contribution in [-0.4, -0.2) is 24.3 Å². The Labute approximate surface area is 177 Å². The Kier molecular flexibility index (Phi) is 6.94. The van der Waals surface area contributed by atoms with Crippen LogP contribution in [0.3, 0.4) is 0 Å². The second kappa shape index (κ2) is 8.85. The zero-order valence-electron chi connectivity index (χ0n) is 15.6. The minimum atomic E-state index is -1.61. The van der Waals surface area contributed by atoms with Crippen LogP contribution in [0.15, 0.2) is 60.7 Å². The first-order valence-corrected chi connectivity index (χ1v) is 13.7. The average Bonchev–Trinajstić information content (AvgIpc) is 2.61. The first-order chi connectivity index (χ1) is 12.7. The lowest BCUT2D eigenvalue weighted by Crippen LogP contribution is -2.45. The third-order valence-electron chi connectivity index (χ3n) is 4.83. The van der Waals surface area contributed by atoms with Crippen molar-refractivity contribution in [3.63, 3.8) is 0 Å². The largest absolute Gasteiger partial charge is 0.345 e. The minimum absolute atomic E-state index is 0.00922. The number of alkyl halides is 3. The summed E-state index contributed by atoms with van der Waals surface area (Å²) in [5, 5.41) is 0. The molecule has 2 nitrogen and oxygen atoms in total. The maximum absolute atomic E-state index is 6.12. The van der Waals surface area contributed by atoms with Crippen molar-refractivity contribution in [3.8, 4) is 0 Å². The Hall–Kier alpha value is -0.553. The van der Waals surface area contributed by atoms with Gasteiger partial charge in [0.2, 0.25) is 10.1 Å². The third-order valence-corrected chi connectivity index (χ3v) is 8.29. The van der Waals surface area contributed by atoms with Crippen molar-refractivity contribution < 1.29 is 9.47 Å². The molecule has 1 fully saturated rings. The first-order valence-electron chi connectivity index (χ1n) is 9.19. The van der Waals surface area contributed by atoms with Crippen LogP contribution in [0.1, 0.15) is 23.7 Å². The molecule has 1 aliphatic heterocycles. The Bertz CT molecular complexity index is 719. The van der Waals surface area contributed by atoms with E-state index in [4.69, 9.17) is 44.3 Å². The van der Waals surface area contributed by atoms with E-state index in [9.17, 15) is 0 Å². The molecule has 0 aromatic heterocycles. The van der Waals surface area contributed by atoms with Crippen LogP contribution >= 0.6 is 34.8 Å². The van der Waals surface area contributed by atoms with Crippen LogP contribution in [-0.2, 0) is 15.5 Å². The van der Waals surface area contributed by atoms with Crippen LogP contribution < -0.4 is 0 Å². The quantitative estimate of drug-likeness (QED) is 0.377. The molecule has 2 aromatic rings. The summed E-state index contributed by atoms with van der Waals surface area (Å²) >= 11 is 18.4. The Morgan fingerprint density at radius 2 is 1.52 bits per heavy atom. The van der Waals surface area contributed by atoms with Gasteiger partial charge in [0.1, 0.15) is 0 Å². The lowest BCUT2D eigenvalue weighted by molar-refractivity contribution is -0.238. The molecular weight excluding hydrogens is 419 g/mol. The Balaban J connectivity index is 1.74. The van der Waals surface area contributed by atoms with E-state index in [2.05, 4.69) is 55.6 Å². The van der Waals surface area contributed by atoms with E-state index in [1.807, 2.05) is 18.2 Å². The lowest BCUT2D eigenvalue weighted by Gasteiger charge is -2.41. The topological polar surface area (TPSA) is 18.5 Å². The Morgan fingerprint density at radius 3 is 2.11 bits per heavy atom. The van der Waals surface area contributed by atoms with E-state index in [0.717, 1.165) is 24.1 Å². The fourth-order valence-corrected chi connectivity index (χ4v) is 7.00. The van der Waals surface area contributed by atoms with E-state index in [-0.39, 0.29) is 12.2 Å². The summed E-state index contributed by atoms with van der Waals surface area (Å²) in [6.07, 6.45) is -0.220. The van der Waals surface area contributed by atoms with Crippen LogP contribution in [0, 0.1) is 0 Å². The summed E-state index contributed by atoms with van der Waals surface area (Å²) in [6, 6.07) is 22.8. The number of hydrogen-bond donors (Lipinski definition) is 0. The summed E-state index contributed by atoms with van der Waals surface area (Å²) < 4.78 is 10.5. The van der Waals surface area contributed by atoms with Crippen LogP contribution in [0.2, 0.25) is 19.1 Å². The molecule has 6 heteroatoms. The predicted octanol–water partition coefficient (Wildman–Crippen LogP) is 6.72. The van der Waals surface area contributed by atoms with E-state index in [0.29, 0.717) is 0 Å². The average molecular weight is 444 g/mol. The number of hydrogen-bond acceptors (Lipinski definition) is 2. The minimum Gasteiger partial charge on any atom is -0.345 e. The van der Waals surface area contributed by atoms with E-state index in [1.165, 1.54) is 5.56 Å². The number of benzene rings is 2. The summed E-state index contributed by atoms with van der Waals surface area (Å²) in [5.74, 6) is 0. The summed E-state index contributed by atoms with van der Waals surface area (Å²) in [7, 11) is -1.56.